The lowest BCUT2D eigenvalue weighted by atomic mass is 9.65. The van der Waals surface area contributed by atoms with E-state index < -0.39 is 26.5 Å². The van der Waals surface area contributed by atoms with Crippen LogP contribution in [0.3, 0.4) is 0 Å². The van der Waals surface area contributed by atoms with Gasteiger partial charge in [0.05, 0.1) is 4.75 Å². The molecule has 1 amide bonds. The number of fused-ring (bicyclic) bond motifs is 3. The van der Waals surface area contributed by atoms with Gasteiger partial charge in [-0.15, -0.1) is 0 Å². The minimum atomic E-state index is -3.53. The van der Waals surface area contributed by atoms with Crippen molar-refractivity contribution in [3.8, 4) is 0 Å². The van der Waals surface area contributed by atoms with E-state index in [1.165, 1.54) is 0 Å². The number of amides is 1. The number of carbonyl (C=O) groups excluding carboxylic acids is 1. The van der Waals surface area contributed by atoms with Gasteiger partial charge in [-0.1, -0.05) is 0 Å². The summed E-state index contributed by atoms with van der Waals surface area (Å²) in [6, 6.07) is 0. The van der Waals surface area contributed by atoms with E-state index in [0.717, 1.165) is 0 Å². The smallest absolute Gasteiger partial charge is 0.408 e. The number of alkyl carbamates (subject to hydrolysis) is 1. The number of nitrogens with one attached hydrogen (secondary N) is 1. The molecule has 0 unspecified atom stereocenters. The average molecular weight is 304 g/mol. The molecule has 0 spiro atoms. The number of primary sulfonamides is 1. The fraction of sp³-hybridized carbons (Fsp3) is 0.923. The summed E-state index contributed by atoms with van der Waals surface area (Å²) in [5, 5.41) is 8.32. The summed E-state index contributed by atoms with van der Waals surface area (Å²) in [5.41, 5.74) is -0.858. The zero-order valence-electron chi connectivity index (χ0n) is 12.4. The average Bonchev–Trinajstić information content (AvgIpc) is 2.26. The number of sulfonamides is 1. The van der Waals surface area contributed by atoms with E-state index in [2.05, 4.69) is 5.32 Å². The largest absolute Gasteiger partial charge is 0.444 e. The SMILES string of the molecule is CC(C)(C)OC(=O)NC12CCC(S(N)(=O)=O)(CC1)CC2. The minimum Gasteiger partial charge on any atom is -0.444 e. The van der Waals surface area contributed by atoms with Crippen LogP contribution in [-0.4, -0.2) is 30.4 Å². The van der Waals surface area contributed by atoms with Crippen LogP contribution in [0.2, 0.25) is 0 Å². The maximum absolute atomic E-state index is 11.9. The summed E-state index contributed by atoms with van der Waals surface area (Å²) < 4.78 is 28.0. The molecule has 0 aliphatic heterocycles. The van der Waals surface area contributed by atoms with Gasteiger partial charge in [0.15, 0.2) is 0 Å². The van der Waals surface area contributed by atoms with Crippen LogP contribution in [0, 0.1) is 0 Å². The highest BCUT2D eigenvalue weighted by Gasteiger charge is 2.54. The number of nitrogens with two attached hydrogens (primary N) is 1. The Morgan fingerprint density at radius 2 is 1.55 bits per heavy atom. The quantitative estimate of drug-likeness (QED) is 0.810. The third-order valence-corrected chi connectivity index (χ3v) is 6.37. The number of rotatable bonds is 2. The van der Waals surface area contributed by atoms with E-state index in [-0.39, 0.29) is 5.54 Å². The van der Waals surface area contributed by atoms with Gasteiger partial charge in [-0.3, -0.25) is 0 Å². The predicted octanol–water partition coefficient (Wildman–Crippen LogP) is 1.65. The maximum atomic E-state index is 11.9. The van der Waals surface area contributed by atoms with Gasteiger partial charge >= 0.3 is 6.09 Å². The Bertz CT molecular complexity index is 482. The van der Waals surface area contributed by atoms with E-state index in [1.54, 1.807) is 0 Å². The Morgan fingerprint density at radius 3 is 1.90 bits per heavy atom. The first-order valence-corrected chi connectivity index (χ1v) is 8.55. The fourth-order valence-corrected chi connectivity index (χ4v) is 4.45. The van der Waals surface area contributed by atoms with Crippen LogP contribution in [0.5, 0.6) is 0 Å². The molecule has 0 aromatic heterocycles. The van der Waals surface area contributed by atoms with Gasteiger partial charge in [-0.2, -0.15) is 0 Å². The third kappa shape index (κ3) is 2.93. The Balaban J connectivity index is 2.03. The summed E-state index contributed by atoms with van der Waals surface area (Å²) in [5.74, 6) is 0. The third-order valence-electron chi connectivity index (χ3n) is 4.55. The molecule has 3 aliphatic carbocycles. The number of hydrogen-bond acceptors (Lipinski definition) is 4. The van der Waals surface area contributed by atoms with Crippen molar-refractivity contribution >= 4 is 16.1 Å². The van der Waals surface area contributed by atoms with Gasteiger partial charge in [0.1, 0.15) is 5.60 Å². The number of carbonyl (C=O) groups is 1. The predicted molar refractivity (Wildman–Crippen MR) is 75.6 cm³/mol. The molecule has 0 saturated heterocycles. The van der Waals surface area contributed by atoms with Gasteiger partial charge < -0.3 is 10.1 Å². The van der Waals surface area contributed by atoms with Crippen molar-refractivity contribution in [2.24, 2.45) is 5.14 Å². The highest BCUT2D eigenvalue weighted by Crippen LogP contribution is 2.50. The summed E-state index contributed by atoms with van der Waals surface area (Å²) in [4.78, 5) is 11.9. The highest BCUT2D eigenvalue weighted by atomic mass is 32.2. The summed E-state index contributed by atoms with van der Waals surface area (Å²) in [7, 11) is -3.53. The van der Waals surface area contributed by atoms with E-state index >= 15 is 0 Å². The molecular formula is C13H24N2O4S. The number of ether oxygens (including phenoxy) is 1. The molecule has 3 fully saturated rings. The molecule has 7 heteroatoms. The molecule has 3 aliphatic rings. The van der Waals surface area contributed by atoms with Crippen LogP contribution in [0.4, 0.5) is 4.79 Å². The van der Waals surface area contributed by atoms with Crippen LogP contribution in [0.15, 0.2) is 0 Å². The molecule has 0 heterocycles. The van der Waals surface area contributed by atoms with Crippen molar-refractivity contribution in [2.45, 2.75) is 75.2 Å². The highest BCUT2D eigenvalue weighted by molar-refractivity contribution is 7.90. The van der Waals surface area contributed by atoms with Crippen molar-refractivity contribution < 1.29 is 17.9 Å². The van der Waals surface area contributed by atoms with Gasteiger partial charge in [0.2, 0.25) is 10.0 Å². The molecule has 3 rings (SSSR count). The van der Waals surface area contributed by atoms with Crippen LogP contribution in [-0.2, 0) is 14.8 Å². The van der Waals surface area contributed by atoms with Gasteiger partial charge in [0, 0.05) is 5.54 Å². The lowest BCUT2D eigenvalue weighted by Gasteiger charge is -2.52. The molecule has 6 nitrogen and oxygen atoms in total. The first-order chi connectivity index (χ1) is 8.97. The zero-order valence-corrected chi connectivity index (χ0v) is 13.2. The molecular weight excluding hydrogens is 280 g/mol. The van der Waals surface area contributed by atoms with E-state index in [0.29, 0.717) is 38.5 Å². The topological polar surface area (TPSA) is 98.5 Å². The van der Waals surface area contributed by atoms with Crippen molar-refractivity contribution in [1.29, 1.82) is 0 Å². The molecule has 0 aromatic rings. The van der Waals surface area contributed by atoms with Crippen molar-refractivity contribution in [3.63, 3.8) is 0 Å². The molecule has 0 radical (unpaired) electrons. The van der Waals surface area contributed by atoms with Crippen LogP contribution in [0.25, 0.3) is 0 Å². The van der Waals surface area contributed by atoms with Crippen molar-refractivity contribution in [1.82, 2.24) is 5.32 Å². The summed E-state index contributed by atoms with van der Waals surface area (Å²) in [6.07, 6.45) is 3.04. The fourth-order valence-electron chi connectivity index (χ4n) is 3.29. The molecule has 2 bridgehead atoms. The zero-order chi connectivity index (χ0) is 15.2. The first kappa shape index (κ1) is 15.6. The molecule has 0 atom stereocenters. The molecule has 116 valence electrons. The molecule has 0 aromatic carbocycles. The summed E-state index contributed by atoms with van der Waals surface area (Å²) in [6.45, 7) is 5.45. The van der Waals surface area contributed by atoms with Crippen LogP contribution in [0.1, 0.15) is 59.3 Å². The Kier molecular flexibility index (Phi) is 3.57. The van der Waals surface area contributed by atoms with E-state index in [1.807, 2.05) is 20.8 Å². The Hall–Kier alpha value is -0.820. The van der Waals surface area contributed by atoms with Crippen molar-refractivity contribution in [2.75, 3.05) is 0 Å². The van der Waals surface area contributed by atoms with Gasteiger partial charge in [0.25, 0.3) is 0 Å². The van der Waals surface area contributed by atoms with Gasteiger partial charge in [-0.25, -0.2) is 18.4 Å². The van der Waals surface area contributed by atoms with Gasteiger partial charge in [-0.05, 0) is 59.3 Å². The minimum absolute atomic E-state index is 0.325. The lowest BCUT2D eigenvalue weighted by Crippen LogP contribution is -2.62. The molecule has 20 heavy (non-hydrogen) atoms. The first-order valence-electron chi connectivity index (χ1n) is 7.01. The lowest BCUT2D eigenvalue weighted by molar-refractivity contribution is 0.0338. The Morgan fingerprint density at radius 1 is 1.10 bits per heavy atom. The second-order valence-electron chi connectivity index (χ2n) is 7.14. The maximum Gasteiger partial charge on any atom is 0.408 e. The second-order valence-corrected chi connectivity index (χ2v) is 9.09. The molecule has 3 N–H and O–H groups in total. The van der Waals surface area contributed by atoms with Crippen molar-refractivity contribution in [3.05, 3.63) is 0 Å². The molecule has 3 saturated carbocycles. The summed E-state index contributed by atoms with van der Waals surface area (Å²) >= 11 is 0. The van der Waals surface area contributed by atoms with E-state index in [4.69, 9.17) is 9.88 Å². The second kappa shape index (κ2) is 4.59. The van der Waals surface area contributed by atoms with E-state index in [9.17, 15) is 13.2 Å². The Labute approximate surface area is 120 Å². The standard InChI is InChI=1S/C13H24N2O4S/c1-11(2,3)19-10(16)15-12-4-7-13(8-5-12,9-6-12)20(14,17)18/h4-9H2,1-3H3,(H,15,16)(H2,14,17,18). The normalized spacial score (nSPS) is 33.8. The van der Waals surface area contributed by atoms with Crippen LogP contribution < -0.4 is 10.5 Å². The van der Waals surface area contributed by atoms with Crippen LogP contribution >= 0.6 is 0 Å². The number of hydrogen-bond donors (Lipinski definition) is 2. The monoisotopic (exact) mass is 304 g/mol.